The summed E-state index contributed by atoms with van der Waals surface area (Å²) in [5, 5.41) is 2.64. The van der Waals surface area contributed by atoms with E-state index < -0.39 is 18.0 Å². The molecule has 4 rings (SSSR count). The van der Waals surface area contributed by atoms with Crippen molar-refractivity contribution in [1.29, 1.82) is 0 Å². The van der Waals surface area contributed by atoms with Crippen LogP contribution in [0.3, 0.4) is 0 Å². The molecule has 0 saturated carbocycles. The van der Waals surface area contributed by atoms with Crippen LogP contribution in [0, 0.1) is 0 Å². The van der Waals surface area contributed by atoms with Crippen LogP contribution in [0.4, 0.5) is 5.69 Å². The van der Waals surface area contributed by atoms with E-state index in [9.17, 15) is 19.2 Å². The monoisotopic (exact) mass is 443 g/mol. The van der Waals surface area contributed by atoms with Crippen LogP contribution in [0.2, 0.25) is 0 Å². The molecule has 3 aromatic rings. The average molecular weight is 443 g/mol. The largest absolute Gasteiger partial charge is 0.449 e. The summed E-state index contributed by atoms with van der Waals surface area (Å²) in [6.07, 6.45) is -1.08. The van der Waals surface area contributed by atoms with E-state index in [1.54, 1.807) is 61.7 Å². The highest BCUT2D eigenvalue weighted by atomic mass is 16.5. The summed E-state index contributed by atoms with van der Waals surface area (Å²) >= 11 is 0. The van der Waals surface area contributed by atoms with Gasteiger partial charge in [-0.2, -0.15) is 0 Å². The van der Waals surface area contributed by atoms with E-state index in [1.165, 1.54) is 19.1 Å². The van der Waals surface area contributed by atoms with Crippen molar-refractivity contribution in [2.75, 3.05) is 12.4 Å². The molecule has 0 radical (unpaired) electrons. The molecule has 33 heavy (non-hydrogen) atoms. The minimum Gasteiger partial charge on any atom is -0.449 e. The molecule has 1 aliphatic carbocycles. The fourth-order valence-electron chi connectivity index (χ4n) is 3.61. The van der Waals surface area contributed by atoms with E-state index in [0.29, 0.717) is 29.0 Å². The summed E-state index contributed by atoms with van der Waals surface area (Å²) in [7, 11) is 1.58. The number of benzene rings is 3. The summed E-state index contributed by atoms with van der Waals surface area (Å²) in [5.41, 5.74) is 2.74. The summed E-state index contributed by atoms with van der Waals surface area (Å²) in [5.74, 6) is -1.72. The summed E-state index contributed by atoms with van der Waals surface area (Å²) in [6, 6.07) is 17.8. The highest BCUT2D eigenvalue weighted by molar-refractivity contribution is 6.28. The number of nitrogens with one attached hydrogen (secondary N) is 1. The number of anilines is 1. The van der Waals surface area contributed by atoms with Gasteiger partial charge in [0.1, 0.15) is 0 Å². The van der Waals surface area contributed by atoms with Crippen LogP contribution in [-0.2, 0) is 20.9 Å². The van der Waals surface area contributed by atoms with Crippen molar-refractivity contribution in [3.8, 4) is 0 Å². The maximum Gasteiger partial charge on any atom is 0.338 e. The molecule has 166 valence electrons. The molecule has 0 fully saturated rings. The zero-order chi connectivity index (χ0) is 23.5. The predicted octanol–water partition coefficient (Wildman–Crippen LogP) is 3.79. The average Bonchev–Trinajstić information content (AvgIpc) is 2.83. The SMILES string of the molecule is COCc1ccc(C(=O)OC(C)C(=O)Nc2ccc3c(c2)C(=O)c2ccccc2C3=O)cc1. The second kappa shape index (κ2) is 9.18. The van der Waals surface area contributed by atoms with E-state index in [2.05, 4.69) is 5.32 Å². The molecule has 0 aromatic heterocycles. The number of hydrogen-bond acceptors (Lipinski definition) is 6. The molecule has 0 spiro atoms. The number of ketones is 2. The minimum atomic E-state index is -1.08. The zero-order valence-corrected chi connectivity index (χ0v) is 18.1. The first-order valence-electron chi connectivity index (χ1n) is 10.3. The molecule has 1 aliphatic rings. The van der Waals surface area contributed by atoms with Gasteiger partial charge in [-0.25, -0.2) is 4.79 Å². The lowest BCUT2D eigenvalue weighted by atomic mass is 9.84. The first-order valence-corrected chi connectivity index (χ1v) is 10.3. The number of carbonyl (C=O) groups excluding carboxylic acids is 4. The first-order chi connectivity index (χ1) is 15.9. The van der Waals surface area contributed by atoms with Crippen LogP contribution in [-0.4, -0.2) is 36.7 Å². The molecule has 0 saturated heterocycles. The lowest BCUT2D eigenvalue weighted by Crippen LogP contribution is -2.30. The van der Waals surface area contributed by atoms with Gasteiger partial charge in [-0.05, 0) is 42.8 Å². The van der Waals surface area contributed by atoms with Gasteiger partial charge in [-0.15, -0.1) is 0 Å². The first kappa shape index (κ1) is 22.1. The van der Waals surface area contributed by atoms with E-state index >= 15 is 0 Å². The molecule has 1 N–H and O–H groups in total. The Kier molecular flexibility index (Phi) is 6.15. The molecule has 0 aliphatic heterocycles. The second-order valence-electron chi connectivity index (χ2n) is 7.63. The van der Waals surface area contributed by atoms with Crippen LogP contribution in [0.5, 0.6) is 0 Å². The molecule has 0 heterocycles. The number of rotatable bonds is 6. The van der Waals surface area contributed by atoms with E-state index in [4.69, 9.17) is 9.47 Å². The standard InChI is InChI=1S/C26H21NO6/c1-15(33-26(31)17-9-7-16(8-10-17)14-32-2)25(30)27-18-11-12-21-22(13-18)24(29)20-6-4-3-5-19(20)23(21)28/h3-13,15H,14H2,1-2H3,(H,27,30). The normalized spacial score (nSPS) is 13.0. The van der Waals surface area contributed by atoms with Gasteiger partial charge < -0.3 is 14.8 Å². The molecule has 1 unspecified atom stereocenters. The Bertz CT molecular complexity index is 1260. The molecule has 7 nitrogen and oxygen atoms in total. The molecule has 3 aromatic carbocycles. The fourth-order valence-corrected chi connectivity index (χ4v) is 3.61. The summed E-state index contributed by atoms with van der Waals surface area (Å²) < 4.78 is 10.3. The third-order valence-electron chi connectivity index (χ3n) is 5.35. The number of amides is 1. The smallest absolute Gasteiger partial charge is 0.338 e. The van der Waals surface area contributed by atoms with Crippen LogP contribution >= 0.6 is 0 Å². The number of hydrogen-bond donors (Lipinski definition) is 1. The topological polar surface area (TPSA) is 98.8 Å². The Morgan fingerprint density at radius 2 is 1.45 bits per heavy atom. The number of ether oxygens (including phenoxy) is 2. The van der Waals surface area contributed by atoms with Crippen molar-refractivity contribution in [2.45, 2.75) is 19.6 Å². The van der Waals surface area contributed by atoms with Crippen molar-refractivity contribution >= 4 is 29.1 Å². The van der Waals surface area contributed by atoms with E-state index in [1.807, 2.05) is 0 Å². The third kappa shape index (κ3) is 4.44. The van der Waals surface area contributed by atoms with Gasteiger partial charge in [0.15, 0.2) is 17.7 Å². The van der Waals surface area contributed by atoms with Gasteiger partial charge in [0.2, 0.25) is 0 Å². The number of carbonyl (C=O) groups is 4. The molecule has 1 atom stereocenters. The Labute approximate surface area is 190 Å². The Balaban J connectivity index is 1.45. The lowest BCUT2D eigenvalue weighted by Gasteiger charge is -2.19. The Morgan fingerprint density at radius 3 is 2.09 bits per heavy atom. The zero-order valence-electron chi connectivity index (χ0n) is 18.1. The maximum absolute atomic E-state index is 12.9. The minimum absolute atomic E-state index is 0.220. The van der Waals surface area contributed by atoms with Crippen molar-refractivity contribution in [3.05, 3.63) is 100 Å². The number of esters is 1. The van der Waals surface area contributed by atoms with Gasteiger partial charge in [-0.1, -0.05) is 36.4 Å². The number of methoxy groups -OCH3 is 1. The third-order valence-corrected chi connectivity index (χ3v) is 5.35. The molecular weight excluding hydrogens is 422 g/mol. The van der Waals surface area contributed by atoms with Crippen LogP contribution < -0.4 is 5.32 Å². The van der Waals surface area contributed by atoms with Gasteiger partial charge >= 0.3 is 5.97 Å². The van der Waals surface area contributed by atoms with Gasteiger partial charge in [0.05, 0.1) is 12.2 Å². The van der Waals surface area contributed by atoms with Gasteiger partial charge in [-0.3, -0.25) is 14.4 Å². The molecule has 7 heteroatoms. The maximum atomic E-state index is 12.9. The molecule has 1 amide bonds. The summed E-state index contributed by atoms with van der Waals surface area (Å²) in [4.78, 5) is 50.5. The fraction of sp³-hybridized carbons (Fsp3) is 0.154. The van der Waals surface area contributed by atoms with Crippen LogP contribution in [0.1, 0.15) is 54.7 Å². The van der Waals surface area contributed by atoms with E-state index in [-0.39, 0.29) is 22.7 Å². The van der Waals surface area contributed by atoms with Crippen molar-refractivity contribution in [3.63, 3.8) is 0 Å². The van der Waals surface area contributed by atoms with Crippen molar-refractivity contribution in [2.24, 2.45) is 0 Å². The lowest BCUT2D eigenvalue weighted by molar-refractivity contribution is -0.123. The van der Waals surface area contributed by atoms with E-state index in [0.717, 1.165) is 5.56 Å². The van der Waals surface area contributed by atoms with Crippen LogP contribution in [0.15, 0.2) is 66.7 Å². The van der Waals surface area contributed by atoms with Crippen LogP contribution in [0.25, 0.3) is 0 Å². The second-order valence-corrected chi connectivity index (χ2v) is 7.63. The predicted molar refractivity (Wildman–Crippen MR) is 120 cm³/mol. The summed E-state index contributed by atoms with van der Waals surface area (Å²) in [6.45, 7) is 1.88. The highest BCUT2D eigenvalue weighted by Crippen LogP contribution is 2.29. The highest BCUT2D eigenvalue weighted by Gasteiger charge is 2.29. The number of fused-ring (bicyclic) bond motifs is 2. The Hall–Kier alpha value is -4.10. The molecule has 0 bridgehead atoms. The quantitative estimate of drug-likeness (QED) is 0.455. The van der Waals surface area contributed by atoms with Gasteiger partial charge in [0.25, 0.3) is 5.91 Å². The van der Waals surface area contributed by atoms with Crippen molar-refractivity contribution in [1.82, 2.24) is 0 Å². The molecular formula is C26H21NO6. The van der Waals surface area contributed by atoms with Gasteiger partial charge in [0, 0.05) is 35.1 Å². The Morgan fingerprint density at radius 1 is 0.848 bits per heavy atom. The van der Waals surface area contributed by atoms with Crippen molar-refractivity contribution < 1.29 is 28.7 Å².